The van der Waals surface area contributed by atoms with Crippen LogP contribution in [-0.2, 0) is 15.3 Å². The van der Waals surface area contributed by atoms with Crippen molar-refractivity contribution in [3.63, 3.8) is 0 Å². The van der Waals surface area contributed by atoms with Gasteiger partial charge in [-0.05, 0) is 18.6 Å². The van der Waals surface area contributed by atoms with Crippen molar-refractivity contribution in [1.29, 1.82) is 0 Å². The lowest BCUT2D eigenvalue weighted by Gasteiger charge is -2.11. The Morgan fingerprint density at radius 2 is 2.28 bits per heavy atom. The molecule has 0 aliphatic carbocycles. The number of carbonyl (C=O) groups is 2. The minimum atomic E-state index is -0.999. The summed E-state index contributed by atoms with van der Waals surface area (Å²) < 4.78 is 0.729. The number of carbonyl (C=O) groups excluding carboxylic acids is 1. The largest absolute Gasteiger partial charge is 0.480 e. The van der Waals surface area contributed by atoms with Crippen LogP contribution in [0.5, 0.6) is 0 Å². The second-order valence-electron chi connectivity index (χ2n) is 3.57. The van der Waals surface area contributed by atoms with Crippen molar-refractivity contribution >= 4 is 46.6 Å². The van der Waals surface area contributed by atoms with Crippen LogP contribution in [0.4, 0.5) is 0 Å². The Hall–Kier alpha value is -0.720. The fraction of sp³-hybridized carbons (Fsp3) is 0.455. The summed E-state index contributed by atoms with van der Waals surface area (Å²) in [6, 6.07) is 2.94. The van der Waals surface area contributed by atoms with E-state index in [0.29, 0.717) is 12.2 Å². The maximum Gasteiger partial charge on any atom is 0.326 e. The topological polar surface area (TPSA) is 66.4 Å². The summed E-state index contributed by atoms with van der Waals surface area (Å²) in [4.78, 5) is 23.3. The third-order valence-electron chi connectivity index (χ3n) is 2.15. The monoisotopic (exact) mass is 307 g/mol. The van der Waals surface area contributed by atoms with Gasteiger partial charge in [-0.3, -0.25) is 4.79 Å². The lowest BCUT2D eigenvalue weighted by atomic mass is 10.2. The highest BCUT2D eigenvalue weighted by Gasteiger charge is 2.17. The molecule has 0 aliphatic rings. The van der Waals surface area contributed by atoms with E-state index in [-0.39, 0.29) is 11.7 Å². The van der Waals surface area contributed by atoms with Crippen LogP contribution in [0, 0.1) is 0 Å². The molecule has 7 heteroatoms. The number of thiophene rings is 1. The summed E-state index contributed by atoms with van der Waals surface area (Å²) in [5.41, 5.74) is 0. The standard InChI is InChI=1S/C11H14ClNO3S2/c1-2-8(11(15)16)13-10(14)6-17-5-7-3-4-9(12)18-7/h3-4,8H,2,5-6H2,1H3,(H,13,14)(H,15,16)/t8-/m0/s1. The number of hydrogen-bond acceptors (Lipinski definition) is 4. The van der Waals surface area contributed by atoms with Gasteiger partial charge in [-0.2, -0.15) is 0 Å². The predicted molar refractivity (Wildman–Crippen MR) is 75.3 cm³/mol. The quantitative estimate of drug-likeness (QED) is 0.812. The molecule has 100 valence electrons. The molecule has 0 radical (unpaired) electrons. The van der Waals surface area contributed by atoms with Crippen molar-refractivity contribution in [3.8, 4) is 0 Å². The highest BCUT2D eigenvalue weighted by Crippen LogP contribution is 2.24. The summed E-state index contributed by atoms with van der Waals surface area (Å²) in [7, 11) is 0. The first-order valence-corrected chi connectivity index (χ1v) is 7.72. The smallest absolute Gasteiger partial charge is 0.326 e. The fourth-order valence-corrected chi connectivity index (χ4v) is 3.28. The van der Waals surface area contributed by atoms with Gasteiger partial charge in [-0.1, -0.05) is 18.5 Å². The van der Waals surface area contributed by atoms with E-state index in [1.54, 1.807) is 6.92 Å². The van der Waals surface area contributed by atoms with Crippen molar-refractivity contribution in [3.05, 3.63) is 21.3 Å². The molecule has 1 heterocycles. The zero-order chi connectivity index (χ0) is 13.5. The molecule has 0 spiro atoms. The molecule has 0 unspecified atom stereocenters. The van der Waals surface area contributed by atoms with Crippen molar-refractivity contribution < 1.29 is 14.7 Å². The van der Waals surface area contributed by atoms with Crippen LogP contribution in [0.2, 0.25) is 4.34 Å². The Morgan fingerprint density at radius 1 is 1.56 bits per heavy atom. The fourth-order valence-electron chi connectivity index (χ4n) is 1.25. The van der Waals surface area contributed by atoms with Gasteiger partial charge in [0.05, 0.1) is 10.1 Å². The van der Waals surface area contributed by atoms with Crippen molar-refractivity contribution in [2.24, 2.45) is 0 Å². The van der Waals surface area contributed by atoms with E-state index in [4.69, 9.17) is 16.7 Å². The number of hydrogen-bond donors (Lipinski definition) is 2. The van der Waals surface area contributed by atoms with Crippen LogP contribution in [0.1, 0.15) is 18.2 Å². The summed E-state index contributed by atoms with van der Waals surface area (Å²) in [6.07, 6.45) is 0.381. The van der Waals surface area contributed by atoms with Gasteiger partial charge in [0, 0.05) is 10.6 Å². The van der Waals surface area contributed by atoms with Crippen molar-refractivity contribution in [1.82, 2.24) is 5.32 Å². The molecule has 0 aliphatic heterocycles. The molecule has 0 fully saturated rings. The summed E-state index contributed by atoms with van der Waals surface area (Å²) >= 11 is 8.71. The van der Waals surface area contributed by atoms with Gasteiger partial charge in [-0.25, -0.2) is 4.79 Å². The minimum Gasteiger partial charge on any atom is -0.480 e. The zero-order valence-electron chi connectivity index (χ0n) is 9.81. The first-order chi connectivity index (χ1) is 8.52. The van der Waals surface area contributed by atoms with Gasteiger partial charge in [0.1, 0.15) is 6.04 Å². The molecule has 0 saturated heterocycles. The Labute approximate surface area is 119 Å². The summed E-state index contributed by atoms with van der Waals surface area (Å²) in [5, 5.41) is 11.3. The highest BCUT2D eigenvalue weighted by molar-refractivity contribution is 7.99. The number of aliphatic carboxylic acids is 1. The molecule has 1 amide bonds. The van der Waals surface area contributed by atoms with E-state index >= 15 is 0 Å². The van der Waals surface area contributed by atoms with Crippen LogP contribution in [-0.4, -0.2) is 28.8 Å². The molecule has 0 saturated carbocycles. The van der Waals surface area contributed by atoms with Crippen molar-refractivity contribution in [2.75, 3.05) is 5.75 Å². The Morgan fingerprint density at radius 3 is 2.78 bits per heavy atom. The third kappa shape index (κ3) is 5.29. The maximum atomic E-state index is 11.5. The molecule has 1 aromatic rings. The van der Waals surface area contributed by atoms with Crippen LogP contribution < -0.4 is 5.32 Å². The van der Waals surface area contributed by atoms with Gasteiger partial charge in [0.25, 0.3) is 0 Å². The number of thioether (sulfide) groups is 1. The van der Waals surface area contributed by atoms with E-state index in [9.17, 15) is 9.59 Å². The molecular weight excluding hydrogens is 294 g/mol. The van der Waals surface area contributed by atoms with Gasteiger partial charge in [0.2, 0.25) is 5.91 Å². The highest BCUT2D eigenvalue weighted by atomic mass is 35.5. The molecule has 1 rings (SSSR count). The van der Waals surface area contributed by atoms with E-state index in [1.807, 2.05) is 12.1 Å². The van der Waals surface area contributed by atoms with Gasteiger partial charge < -0.3 is 10.4 Å². The lowest BCUT2D eigenvalue weighted by molar-refractivity contribution is -0.141. The van der Waals surface area contributed by atoms with E-state index < -0.39 is 12.0 Å². The van der Waals surface area contributed by atoms with Crippen LogP contribution in [0.15, 0.2) is 12.1 Å². The molecule has 0 bridgehead atoms. The first-order valence-electron chi connectivity index (χ1n) is 5.37. The molecule has 4 nitrogen and oxygen atoms in total. The third-order valence-corrected chi connectivity index (χ3v) is 4.54. The number of nitrogens with one attached hydrogen (secondary N) is 1. The molecular formula is C11H14ClNO3S2. The van der Waals surface area contributed by atoms with Gasteiger partial charge in [0.15, 0.2) is 0 Å². The van der Waals surface area contributed by atoms with Crippen molar-refractivity contribution in [2.45, 2.75) is 25.1 Å². The Bertz CT molecular complexity index is 422. The first kappa shape index (κ1) is 15.3. The van der Waals surface area contributed by atoms with Gasteiger partial charge in [-0.15, -0.1) is 23.1 Å². The summed E-state index contributed by atoms with van der Waals surface area (Å²) in [6.45, 7) is 1.72. The second-order valence-corrected chi connectivity index (χ2v) is 6.35. The zero-order valence-corrected chi connectivity index (χ0v) is 12.2. The molecule has 2 N–H and O–H groups in total. The van der Waals surface area contributed by atoms with Gasteiger partial charge >= 0.3 is 5.97 Å². The van der Waals surface area contributed by atoms with Crippen LogP contribution in [0.25, 0.3) is 0 Å². The summed E-state index contributed by atoms with van der Waals surface area (Å²) in [5.74, 6) is -0.300. The number of carboxylic acids is 1. The minimum absolute atomic E-state index is 0.249. The molecule has 1 aromatic heterocycles. The normalized spacial score (nSPS) is 12.1. The van der Waals surface area contributed by atoms with E-state index in [2.05, 4.69) is 5.32 Å². The number of halogens is 1. The average molecular weight is 308 g/mol. The predicted octanol–water partition coefficient (Wildman–Crippen LogP) is 2.61. The SMILES string of the molecule is CC[C@H](NC(=O)CSCc1ccc(Cl)s1)C(=O)O. The maximum absolute atomic E-state index is 11.5. The number of amides is 1. The molecule has 1 atom stereocenters. The lowest BCUT2D eigenvalue weighted by Crippen LogP contribution is -2.41. The Kier molecular flexibility index (Phi) is 6.52. The van der Waals surface area contributed by atoms with Crippen LogP contribution >= 0.6 is 34.7 Å². The second kappa shape index (κ2) is 7.66. The Balaban J connectivity index is 2.26. The van der Waals surface area contributed by atoms with Crippen LogP contribution in [0.3, 0.4) is 0 Å². The molecule has 18 heavy (non-hydrogen) atoms. The van der Waals surface area contributed by atoms with E-state index in [0.717, 1.165) is 9.21 Å². The average Bonchev–Trinajstić information content (AvgIpc) is 2.71. The number of rotatable bonds is 7. The van der Waals surface area contributed by atoms with E-state index in [1.165, 1.54) is 23.1 Å². The molecule has 0 aromatic carbocycles. The number of carboxylic acid groups (broad SMARTS) is 1.